The van der Waals surface area contributed by atoms with Crippen molar-refractivity contribution in [1.29, 1.82) is 0 Å². The minimum atomic E-state index is 0.688. The number of aromatic nitrogens is 2. The molecule has 4 heteroatoms. The molecular formula is C11H17N3O. The van der Waals surface area contributed by atoms with Gasteiger partial charge in [-0.1, -0.05) is 0 Å². The minimum Gasteiger partial charge on any atom is -0.478 e. The molecule has 1 atom stereocenters. The molecule has 1 aliphatic heterocycles. The monoisotopic (exact) mass is 207 g/mol. The molecule has 1 fully saturated rings. The molecule has 1 saturated heterocycles. The van der Waals surface area contributed by atoms with Crippen LogP contribution in [0.25, 0.3) is 0 Å². The van der Waals surface area contributed by atoms with Crippen LogP contribution in [-0.2, 0) is 0 Å². The zero-order valence-corrected chi connectivity index (χ0v) is 9.07. The van der Waals surface area contributed by atoms with Crippen LogP contribution >= 0.6 is 0 Å². The second kappa shape index (κ2) is 5.07. The fraction of sp³-hybridized carbons (Fsp3) is 0.636. The zero-order valence-electron chi connectivity index (χ0n) is 9.07. The molecule has 1 aliphatic rings. The van der Waals surface area contributed by atoms with Crippen LogP contribution in [-0.4, -0.2) is 29.7 Å². The van der Waals surface area contributed by atoms with Crippen molar-refractivity contribution in [2.24, 2.45) is 5.92 Å². The first-order valence-corrected chi connectivity index (χ1v) is 5.48. The molecule has 0 bridgehead atoms. The topological polar surface area (TPSA) is 47.0 Å². The predicted molar refractivity (Wildman–Crippen MR) is 57.9 cm³/mol. The Morgan fingerprint density at radius 2 is 2.53 bits per heavy atom. The molecule has 0 saturated carbocycles. The highest BCUT2D eigenvalue weighted by molar-refractivity contribution is 5.07. The van der Waals surface area contributed by atoms with Gasteiger partial charge in [0.15, 0.2) is 0 Å². The van der Waals surface area contributed by atoms with Gasteiger partial charge >= 0.3 is 0 Å². The van der Waals surface area contributed by atoms with E-state index in [1.807, 2.05) is 6.92 Å². The lowest BCUT2D eigenvalue weighted by molar-refractivity contribution is 0.273. The Kier molecular flexibility index (Phi) is 3.50. The molecule has 2 heterocycles. The van der Waals surface area contributed by atoms with Crippen molar-refractivity contribution in [2.75, 3.05) is 19.7 Å². The van der Waals surface area contributed by atoms with Crippen LogP contribution in [0.15, 0.2) is 12.3 Å². The minimum absolute atomic E-state index is 0.688. The molecular weight excluding hydrogens is 190 g/mol. The van der Waals surface area contributed by atoms with Crippen LogP contribution < -0.4 is 10.1 Å². The molecule has 0 aliphatic carbocycles. The number of aryl methyl sites for hydroxylation is 1. The largest absolute Gasteiger partial charge is 0.478 e. The molecule has 0 radical (unpaired) electrons. The normalized spacial score (nSPS) is 20.5. The van der Waals surface area contributed by atoms with Crippen LogP contribution in [0.4, 0.5) is 0 Å². The van der Waals surface area contributed by atoms with Gasteiger partial charge in [0.25, 0.3) is 0 Å². The fourth-order valence-corrected chi connectivity index (χ4v) is 1.81. The lowest BCUT2D eigenvalue weighted by Gasteiger charge is -2.09. The Hall–Kier alpha value is -1.16. The zero-order chi connectivity index (χ0) is 10.5. The molecule has 0 aromatic carbocycles. The lowest BCUT2D eigenvalue weighted by Crippen LogP contribution is -2.12. The lowest BCUT2D eigenvalue weighted by atomic mass is 10.1. The van der Waals surface area contributed by atoms with Gasteiger partial charge in [0.2, 0.25) is 5.88 Å². The summed E-state index contributed by atoms with van der Waals surface area (Å²) in [6, 6.07) is 1.81. The summed E-state index contributed by atoms with van der Waals surface area (Å²) in [4.78, 5) is 8.21. The third-order valence-corrected chi connectivity index (χ3v) is 2.69. The molecule has 1 aromatic heterocycles. The third-order valence-electron chi connectivity index (χ3n) is 2.69. The van der Waals surface area contributed by atoms with E-state index in [2.05, 4.69) is 15.3 Å². The van der Waals surface area contributed by atoms with Crippen LogP contribution in [0.3, 0.4) is 0 Å². The highest BCUT2D eigenvalue weighted by atomic mass is 16.5. The second-order valence-electron chi connectivity index (χ2n) is 3.94. The Morgan fingerprint density at radius 3 is 3.27 bits per heavy atom. The first-order chi connectivity index (χ1) is 7.34. The molecule has 82 valence electrons. The highest BCUT2D eigenvalue weighted by Gasteiger charge is 2.13. The Labute approximate surface area is 90.1 Å². The van der Waals surface area contributed by atoms with Gasteiger partial charge in [-0.2, -0.15) is 4.98 Å². The summed E-state index contributed by atoms with van der Waals surface area (Å²) in [5.41, 5.74) is 0. The number of hydrogen-bond acceptors (Lipinski definition) is 4. The molecule has 1 unspecified atom stereocenters. The summed E-state index contributed by atoms with van der Waals surface area (Å²) < 4.78 is 5.57. The first kappa shape index (κ1) is 10.4. The average Bonchev–Trinajstić information content (AvgIpc) is 2.71. The van der Waals surface area contributed by atoms with E-state index in [0.29, 0.717) is 5.88 Å². The van der Waals surface area contributed by atoms with E-state index in [0.717, 1.165) is 37.9 Å². The van der Waals surface area contributed by atoms with Gasteiger partial charge in [0.1, 0.15) is 5.82 Å². The molecule has 0 spiro atoms. The standard InChI is InChI=1S/C11H17N3O/c1-9-13-6-3-11(14-9)15-7-4-10-2-5-12-8-10/h3,6,10,12H,2,4-5,7-8H2,1H3. The number of nitrogens with one attached hydrogen (secondary N) is 1. The summed E-state index contributed by atoms with van der Waals surface area (Å²) in [5.74, 6) is 2.22. The highest BCUT2D eigenvalue weighted by Crippen LogP contribution is 2.13. The van der Waals surface area contributed by atoms with Gasteiger partial charge in [0, 0.05) is 12.3 Å². The Morgan fingerprint density at radius 1 is 1.60 bits per heavy atom. The summed E-state index contributed by atoms with van der Waals surface area (Å²) in [6.07, 6.45) is 4.11. The van der Waals surface area contributed by atoms with Crippen molar-refractivity contribution in [3.63, 3.8) is 0 Å². The Bertz CT molecular complexity index is 310. The van der Waals surface area contributed by atoms with E-state index in [4.69, 9.17) is 4.74 Å². The summed E-state index contributed by atoms with van der Waals surface area (Å²) in [5, 5.41) is 3.35. The summed E-state index contributed by atoms with van der Waals surface area (Å²) >= 11 is 0. The molecule has 15 heavy (non-hydrogen) atoms. The van der Waals surface area contributed by atoms with E-state index >= 15 is 0 Å². The van der Waals surface area contributed by atoms with E-state index < -0.39 is 0 Å². The van der Waals surface area contributed by atoms with Crippen molar-refractivity contribution >= 4 is 0 Å². The second-order valence-corrected chi connectivity index (χ2v) is 3.94. The van der Waals surface area contributed by atoms with Gasteiger partial charge < -0.3 is 10.1 Å². The van der Waals surface area contributed by atoms with E-state index in [1.54, 1.807) is 12.3 Å². The summed E-state index contributed by atoms with van der Waals surface area (Å²) in [6.45, 7) is 4.90. The maximum atomic E-state index is 5.57. The molecule has 2 rings (SSSR count). The van der Waals surface area contributed by atoms with Crippen LogP contribution in [0.5, 0.6) is 5.88 Å². The molecule has 1 N–H and O–H groups in total. The van der Waals surface area contributed by atoms with Crippen LogP contribution in [0.1, 0.15) is 18.7 Å². The molecule has 4 nitrogen and oxygen atoms in total. The van der Waals surface area contributed by atoms with Crippen molar-refractivity contribution in [3.05, 3.63) is 18.1 Å². The van der Waals surface area contributed by atoms with Gasteiger partial charge in [0.05, 0.1) is 6.61 Å². The van der Waals surface area contributed by atoms with Gasteiger partial charge in [-0.15, -0.1) is 0 Å². The number of ether oxygens (including phenoxy) is 1. The number of rotatable bonds is 4. The maximum absolute atomic E-state index is 5.57. The smallest absolute Gasteiger partial charge is 0.216 e. The first-order valence-electron chi connectivity index (χ1n) is 5.48. The van der Waals surface area contributed by atoms with Crippen molar-refractivity contribution in [1.82, 2.24) is 15.3 Å². The van der Waals surface area contributed by atoms with Crippen molar-refractivity contribution in [3.8, 4) is 5.88 Å². The van der Waals surface area contributed by atoms with E-state index in [9.17, 15) is 0 Å². The van der Waals surface area contributed by atoms with E-state index in [1.165, 1.54) is 6.42 Å². The third kappa shape index (κ3) is 3.16. The van der Waals surface area contributed by atoms with E-state index in [-0.39, 0.29) is 0 Å². The van der Waals surface area contributed by atoms with Crippen LogP contribution in [0, 0.1) is 12.8 Å². The predicted octanol–water partition coefficient (Wildman–Crippen LogP) is 1.16. The number of hydrogen-bond donors (Lipinski definition) is 1. The maximum Gasteiger partial charge on any atom is 0.216 e. The fourth-order valence-electron chi connectivity index (χ4n) is 1.81. The molecule has 1 aromatic rings. The Balaban J connectivity index is 1.73. The van der Waals surface area contributed by atoms with Gasteiger partial charge in [-0.05, 0) is 38.8 Å². The van der Waals surface area contributed by atoms with Crippen molar-refractivity contribution in [2.45, 2.75) is 19.8 Å². The summed E-state index contributed by atoms with van der Waals surface area (Å²) in [7, 11) is 0. The van der Waals surface area contributed by atoms with Gasteiger partial charge in [-0.3, -0.25) is 0 Å². The van der Waals surface area contributed by atoms with Crippen LogP contribution in [0.2, 0.25) is 0 Å². The average molecular weight is 207 g/mol. The van der Waals surface area contributed by atoms with Crippen molar-refractivity contribution < 1.29 is 4.74 Å². The van der Waals surface area contributed by atoms with Gasteiger partial charge in [-0.25, -0.2) is 4.98 Å². The number of nitrogens with zero attached hydrogens (tertiary/aromatic N) is 2. The molecule has 0 amide bonds. The SMILES string of the molecule is Cc1nccc(OCCC2CCNC2)n1. The quantitative estimate of drug-likeness (QED) is 0.805.